The number of phenols is 1. The summed E-state index contributed by atoms with van der Waals surface area (Å²) in [6.45, 7) is 3.26. The van der Waals surface area contributed by atoms with Gasteiger partial charge in [0.05, 0.1) is 0 Å². The number of ether oxygens (including phenoxy) is 1. The molecule has 10 heteroatoms. The number of benzene rings is 1. The van der Waals surface area contributed by atoms with Crippen LogP contribution in [0.3, 0.4) is 0 Å². The Balaban J connectivity index is 1.57. The molecular weight excluding hydrogens is 365 g/mol. The van der Waals surface area contributed by atoms with E-state index in [2.05, 4.69) is 10.6 Å². The van der Waals surface area contributed by atoms with Crippen LogP contribution in [0.2, 0.25) is 6.32 Å². The molecule has 28 heavy (non-hydrogen) atoms. The van der Waals surface area contributed by atoms with Crippen molar-refractivity contribution in [1.82, 2.24) is 15.5 Å². The van der Waals surface area contributed by atoms with E-state index >= 15 is 0 Å². The van der Waals surface area contributed by atoms with Crippen LogP contribution in [0.5, 0.6) is 11.5 Å². The number of aromatic hydroxyl groups is 1. The zero-order chi connectivity index (χ0) is 20.1. The summed E-state index contributed by atoms with van der Waals surface area (Å²) in [6, 6.07) is 3.17. The SMILES string of the molecule is O=BCCc1ccc(OC2CN(C(=O)CC3CNCCN3)C2)c(C(=O)O)c1O. The second-order valence-corrected chi connectivity index (χ2v) is 7.05. The van der Waals surface area contributed by atoms with Gasteiger partial charge in [0, 0.05) is 25.7 Å². The number of nitrogens with zero attached hydrogens (tertiary/aromatic N) is 1. The Bertz CT molecular complexity index is 747. The molecule has 0 radical (unpaired) electrons. The molecule has 1 atom stereocenters. The number of likely N-dealkylation sites (tertiary alicyclic amines) is 1. The van der Waals surface area contributed by atoms with Crippen molar-refractivity contribution < 1.29 is 29.2 Å². The van der Waals surface area contributed by atoms with Crippen molar-refractivity contribution in [3.63, 3.8) is 0 Å². The minimum atomic E-state index is -1.30. The van der Waals surface area contributed by atoms with Crippen LogP contribution in [0.4, 0.5) is 0 Å². The van der Waals surface area contributed by atoms with E-state index in [-0.39, 0.29) is 47.9 Å². The number of amides is 1. The average Bonchev–Trinajstić information content (AvgIpc) is 2.64. The van der Waals surface area contributed by atoms with Gasteiger partial charge in [-0.15, -0.1) is 0 Å². The van der Waals surface area contributed by atoms with E-state index < -0.39 is 5.97 Å². The van der Waals surface area contributed by atoms with Crippen LogP contribution in [0.1, 0.15) is 22.3 Å². The number of hydrogen-bond donors (Lipinski definition) is 4. The molecule has 9 nitrogen and oxygen atoms in total. The molecule has 0 spiro atoms. The van der Waals surface area contributed by atoms with Crippen molar-refractivity contribution in [2.45, 2.75) is 31.3 Å². The van der Waals surface area contributed by atoms with Crippen LogP contribution in [-0.4, -0.2) is 79.0 Å². The minimum absolute atomic E-state index is 0.0339. The number of aromatic carboxylic acids is 1. The second-order valence-electron chi connectivity index (χ2n) is 7.05. The Labute approximate surface area is 163 Å². The molecule has 1 amide bonds. The fraction of sp³-hybridized carbons (Fsp3) is 0.556. The maximum absolute atomic E-state index is 12.3. The average molecular weight is 389 g/mol. The molecule has 1 aromatic rings. The van der Waals surface area contributed by atoms with Gasteiger partial charge in [-0.1, -0.05) is 0 Å². The number of nitrogens with one attached hydrogen (secondary N) is 2. The molecule has 2 aliphatic heterocycles. The zero-order valence-corrected chi connectivity index (χ0v) is 15.5. The van der Waals surface area contributed by atoms with Crippen LogP contribution in [0, 0.1) is 0 Å². The third-order valence-corrected chi connectivity index (χ3v) is 5.01. The Hall–Kier alpha value is -2.46. The summed E-state index contributed by atoms with van der Waals surface area (Å²) < 4.78 is 16.2. The first kappa shape index (κ1) is 20.3. The Morgan fingerprint density at radius 3 is 2.71 bits per heavy atom. The third kappa shape index (κ3) is 4.68. The molecule has 2 aliphatic rings. The van der Waals surface area contributed by atoms with Crippen LogP contribution in [0.25, 0.3) is 0 Å². The van der Waals surface area contributed by atoms with Gasteiger partial charge in [-0.2, -0.15) is 0 Å². The van der Waals surface area contributed by atoms with Gasteiger partial charge in [-0.3, -0.25) is 0 Å². The topological polar surface area (TPSA) is 128 Å². The van der Waals surface area contributed by atoms with E-state index in [1.807, 2.05) is 0 Å². The summed E-state index contributed by atoms with van der Waals surface area (Å²) in [5, 5.41) is 26.2. The summed E-state index contributed by atoms with van der Waals surface area (Å²) in [5.41, 5.74) is 0.0708. The Morgan fingerprint density at radius 1 is 1.29 bits per heavy atom. The van der Waals surface area contributed by atoms with E-state index in [0.29, 0.717) is 32.2 Å². The van der Waals surface area contributed by atoms with E-state index in [4.69, 9.17) is 4.74 Å². The number of piperazine rings is 1. The van der Waals surface area contributed by atoms with Gasteiger partial charge in [0.1, 0.15) is 0 Å². The quantitative estimate of drug-likeness (QED) is 0.444. The zero-order valence-electron chi connectivity index (χ0n) is 15.5. The predicted molar refractivity (Wildman–Crippen MR) is 100 cm³/mol. The van der Waals surface area contributed by atoms with Gasteiger partial charge in [0.2, 0.25) is 0 Å². The summed E-state index contributed by atoms with van der Waals surface area (Å²) in [7, 11) is 0.711. The molecule has 1 aromatic carbocycles. The van der Waals surface area contributed by atoms with Crippen LogP contribution in [-0.2, 0) is 15.9 Å². The summed E-state index contributed by atoms with van der Waals surface area (Å²) in [6.07, 6.45) is 0.537. The number of carboxylic acid groups (broad SMARTS) is 1. The Morgan fingerprint density at radius 2 is 2.07 bits per heavy atom. The van der Waals surface area contributed by atoms with Gasteiger partial charge in [-0.25, -0.2) is 0 Å². The number of aryl methyl sites for hydroxylation is 1. The third-order valence-electron chi connectivity index (χ3n) is 5.01. The molecular formula is C18H24BN3O6. The molecule has 0 aromatic heterocycles. The van der Waals surface area contributed by atoms with Crippen LogP contribution < -0.4 is 15.4 Å². The van der Waals surface area contributed by atoms with Gasteiger partial charge in [0.25, 0.3) is 0 Å². The molecule has 0 saturated carbocycles. The predicted octanol–water partition coefficient (Wildman–Crippen LogP) is -0.358. The molecule has 0 bridgehead atoms. The number of carbonyl (C=O) groups is 2. The molecule has 2 heterocycles. The molecule has 150 valence electrons. The van der Waals surface area contributed by atoms with Crippen LogP contribution >= 0.6 is 0 Å². The standard InChI is InChI=1S/C18H24BN3O6/c23-15(7-12-8-20-5-6-21-12)22-9-13(10-22)28-14-2-1-11(3-4-19-27)17(24)16(14)18(25)26/h1-2,12-13,20-21,24H,3-10H2,(H,25,26). The number of carboxylic acids is 1. The first-order chi connectivity index (χ1) is 13.5. The fourth-order valence-electron chi connectivity index (χ4n) is 3.43. The molecule has 2 saturated heterocycles. The maximum atomic E-state index is 12.3. The van der Waals surface area contributed by atoms with Crippen LogP contribution in [0.15, 0.2) is 12.1 Å². The first-order valence-corrected chi connectivity index (χ1v) is 9.40. The number of hydrogen-bond acceptors (Lipinski definition) is 7. The number of rotatable bonds is 8. The molecule has 2 fully saturated rings. The van der Waals surface area contributed by atoms with E-state index in [0.717, 1.165) is 19.6 Å². The molecule has 3 rings (SSSR count). The van der Waals surface area contributed by atoms with Crippen molar-refractivity contribution in [3.8, 4) is 11.5 Å². The van der Waals surface area contributed by atoms with E-state index in [1.165, 1.54) is 6.07 Å². The Kier molecular flexibility index (Phi) is 6.63. The normalized spacial score (nSPS) is 19.6. The summed E-state index contributed by atoms with van der Waals surface area (Å²) in [4.78, 5) is 25.5. The van der Waals surface area contributed by atoms with Crippen molar-refractivity contribution in [1.29, 1.82) is 0 Å². The van der Waals surface area contributed by atoms with Gasteiger partial charge in [-0.05, 0) is 0 Å². The summed E-state index contributed by atoms with van der Waals surface area (Å²) in [5.74, 6) is -1.58. The van der Waals surface area contributed by atoms with Crippen molar-refractivity contribution in [2.75, 3.05) is 32.7 Å². The second kappa shape index (κ2) is 9.16. The first-order valence-electron chi connectivity index (χ1n) is 9.40. The van der Waals surface area contributed by atoms with E-state index in [9.17, 15) is 24.5 Å². The molecule has 1 unspecified atom stereocenters. The molecule has 4 N–H and O–H groups in total. The van der Waals surface area contributed by atoms with Gasteiger partial charge in [0.15, 0.2) is 0 Å². The van der Waals surface area contributed by atoms with Gasteiger partial charge < -0.3 is 10.6 Å². The molecule has 0 aliphatic carbocycles. The van der Waals surface area contributed by atoms with Crippen molar-refractivity contribution >= 4 is 19.0 Å². The summed E-state index contributed by atoms with van der Waals surface area (Å²) >= 11 is 0. The fourth-order valence-corrected chi connectivity index (χ4v) is 3.43. The van der Waals surface area contributed by atoms with Gasteiger partial charge >= 0.3 is 126 Å². The number of carbonyl (C=O) groups excluding carboxylic acids is 1. The van der Waals surface area contributed by atoms with Crippen molar-refractivity contribution in [3.05, 3.63) is 23.3 Å². The monoisotopic (exact) mass is 389 g/mol. The van der Waals surface area contributed by atoms with Crippen molar-refractivity contribution in [2.24, 2.45) is 0 Å². The van der Waals surface area contributed by atoms with E-state index in [1.54, 1.807) is 11.0 Å².